The topological polar surface area (TPSA) is 84.2 Å². The van der Waals surface area contributed by atoms with Crippen molar-refractivity contribution in [2.45, 2.75) is 33.2 Å². The zero-order chi connectivity index (χ0) is 15.1. The van der Waals surface area contributed by atoms with Gasteiger partial charge in [-0.15, -0.1) is 0 Å². The van der Waals surface area contributed by atoms with Crippen LogP contribution in [0.3, 0.4) is 0 Å². The van der Waals surface area contributed by atoms with E-state index in [-0.39, 0.29) is 17.7 Å². The minimum atomic E-state index is -0.596. The Balaban J connectivity index is 2.85. The van der Waals surface area contributed by atoms with E-state index >= 15 is 0 Å². The summed E-state index contributed by atoms with van der Waals surface area (Å²) in [5.41, 5.74) is 6.74. The Morgan fingerprint density at radius 2 is 1.90 bits per heavy atom. The summed E-state index contributed by atoms with van der Waals surface area (Å²) < 4.78 is 0. The van der Waals surface area contributed by atoms with Gasteiger partial charge in [0.2, 0.25) is 5.91 Å². The van der Waals surface area contributed by atoms with Crippen LogP contribution in [0, 0.1) is 5.92 Å². The summed E-state index contributed by atoms with van der Waals surface area (Å²) in [5.74, 6) is -0.437. The van der Waals surface area contributed by atoms with Crippen LogP contribution in [0.2, 0.25) is 0 Å². The predicted octanol–water partition coefficient (Wildman–Crippen LogP) is 1.75. The van der Waals surface area contributed by atoms with E-state index in [4.69, 9.17) is 5.73 Å². The van der Waals surface area contributed by atoms with Crippen LogP contribution in [0.25, 0.3) is 0 Å². The monoisotopic (exact) mass is 277 g/mol. The first kappa shape index (κ1) is 16.2. The zero-order valence-corrected chi connectivity index (χ0v) is 12.3. The van der Waals surface area contributed by atoms with Crippen LogP contribution in [0.4, 0.5) is 5.69 Å². The molecule has 1 aromatic carbocycles. The van der Waals surface area contributed by atoms with Gasteiger partial charge < -0.3 is 16.4 Å². The fourth-order valence-electron chi connectivity index (χ4n) is 1.64. The number of carbonyl (C=O) groups is 2. The molecule has 0 bridgehead atoms. The van der Waals surface area contributed by atoms with Crippen LogP contribution >= 0.6 is 0 Å². The van der Waals surface area contributed by atoms with Crippen molar-refractivity contribution in [3.05, 3.63) is 29.8 Å². The lowest BCUT2D eigenvalue weighted by atomic mass is 10.0. The molecule has 0 fully saturated rings. The van der Waals surface area contributed by atoms with E-state index in [0.29, 0.717) is 17.8 Å². The number of rotatable bonds is 6. The number of hydrogen-bond donors (Lipinski definition) is 3. The first-order valence-electron chi connectivity index (χ1n) is 6.91. The average molecular weight is 277 g/mol. The summed E-state index contributed by atoms with van der Waals surface area (Å²) in [6.07, 6.45) is 0.860. The van der Waals surface area contributed by atoms with Crippen LogP contribution in [0.1, 0.15) is 37.6 Å². The molecule has 0 saturated heterocycles. The molecule has 5 heteroatoms. The van der Waals surface area contributed by atoms with E-state index in [2.05, 4.69) is 10.6 Å². The van der Waals surface area contributed by atoms with E-state index in [1.165, 1.54) is 0 Å². The molecule has 0 unspecified atom stereocenters. The lowest BCUT2D eigenvalue weighted by molar-refractivity contribution is -0.118. The van der Waals surface area contributed by atoms with Crippen molar-refractivity contribution >= 4 is 17.5 Å². The molecule has 1 aromatic rings. The van der Waals surface area contributed by atoms with Gasteiger partial charge in [0.05, 0.1) is 17.3 Å². The van der Waals surface area contributed by atoms with Crippen molar-refractivity contribution in [1.29, 1.82) is 0 Å². The highest BCUT2D eigenvalue weighted by molar-refractivity contribution is 6.04. The quantitative estimate of drug-likeness (QED) is 0.740. The highest BCUT2D eigenvalue weighted by atomic mass is 16.2. The van der Waals surface area contributed by atoms with Crippen LogP contribution in [-0.4, -0.2) is 24.4 Å². The van der Waals surface area contributed by atoms with Gasteiger partial charge in [-0.2, -0.15) is 0 Å². The van der Waals surface area contributed by atoms with Gasteiger partial charge in [0.25, 0.3) is 5.91 Å². The minimum absolute atomic E-state index is 0.0380. The average Bonchev–Trinajstić information content (AvgIpc) is 2.44. The van der Waals surface area contributed by atoms with Gasteiger partial charge in [-0.25, -0.2) is 0 Å². The first-order chi connectivity index (χ1) is 9.47. The molecule has 20 heavy (non-hydrogen) atoms. The second-order valence-electron chi connectivity index (χ2n) is 5.06. The van der Waals surface area contributed by atoms with E-state index in [9.17, 15) is 9.59 Å². The summed E-state index contributed by atoms with van der Waals surface area (Å²) in [7, 11) is 0. The van der Waals surface area contributed by atoms with Crippen molar-refractivity contribution in [3.8, 4) is 0 Å². The van der Waals surface area contributed by atoms with Gasteiger partial charge in [-0.3, -0.25) is 9.59 Å². The third-order valence-corrected chi connectivity index (χ3v) is 2.99. The minimum Gasteiger partial charge on any atom is -0.352 e. The lowest BCUT2D eigenvalue weighted by Gasteiger charge is -2.17. The maximum atomic E-state index is 12.0. The first-order valence-corrected chi connectivity index (χ1v) is 6.91. The zero-order valence-electron chi connectivity index (χ0n) is 12.3. The second-order valence-corrected chi connectivity index (χ2v) is 5.06. The van der Waals surface area contributed by atoms with E-state index in [1.54, 1.807) is 24.3 Å². The van der Waals surface area contributed by atoms with Gasteiger partial charge in [0.15, 0.2) is 0 Å². The van der Waals surface area contributed by atoms with Crippen LogP contribution in [0.5, 0.6) is 0 Å². The third kappa shape index (κ3) is 4.35. The number of para-hydroxylation sites is 1. The number of nitrogens with one attached hydrogen (secondary N) is 2. The van der Waals surface area contributed by atoms with Crippen molar-refractivity contribution in [1.82, 2.24) is 5.32 Å². The Morgan fingerprint density at radius 3 is 2.50 bits per heavy atom. The number of benzene rings is 1. The van der Waals surface area contributed by atoms with Crippen molar-refractivity contribution in [3.63, 3.8) is 0 Å². The van der Waals surface area contributed by atoms with Crippen LogP contribution in [0.15, 0.2) is 24.3 Å². The van der Waals surface area contributed by atoms with Crippen LogP contribution < -0.4 is 16.4 Å². The molecule has 1 rings (SSSR count). The summed E-state index contributed by atoms with van der Waals surface area (Å²) in [5, 5.41) is 5.52. The number of amides is 2. The molecule has 0 aromatic heterocycles. The van der Waals surface area contributed by atoms with Crippen molar-refractivity contribution < 1.29 is 9.59 Å². The standard InChI is InChI=1S/C15H23N3O2/c1-4-9-17-14(19)11-7-5-6-8-12(11)18-15(20)13(16)10(2)3/h5-8,10,13H,4,9,16H2,1-3H3,(H,17,19)(H,18,20)/t13-/m1/s1. The predicted molar refractivity (Wildman–Crippen MR) is 80.5 cm³/mol. The molecule has 2 amide bonds. The highest BCUT2D eigenvalue weighted by Gasteiger charge is 2.19. The fourth-order valence-corrected chi connectivity index (χ4v) is 1.64. The SMILES string of the molecule is CCCNC(=O)c1ccccc1NC(=O)[C@H](N)C(C)C. The van der Waals surface area contributed by atoms with E-state index in [0.717, 1.165) is 6.42 Å². The summed E-state index contributed by atoms with van der Waals surface area (Å²) in [4.78, 5) is 24.0. The van der Waals surface area contributed by atoms with Gasteiger partial charge >= 0.3 is 0 Å². The molecule has 1 atom stereocenters. The molecule has 4 N–H and O–H groups in total. The third-order valence-electron chi connectivity index (χ3n) is 2.99. The highest BCUT2D eigenvalue weighted by Crippen LogP contribution is 2.15. The van der Waals surface area contributed by atoms with Gasteiger partial charge in [-0.1, -0.05) is 32.9 Å². The molecule has 110 valence electrons. The normalized spacial score (nSPS) is 12.1. The van der Waals surface area contributed by atoms with Crippen molar-refractivity contribution in [2.75, 3.05) is 11.9 Å². The summed E-state index contributed by atoms with van der Waals surface area (Å²) in [6.45, 7) is 6.34. The van der Waals surface area contributed by atoms with Crippen LogP contribution in [-0.2, 0) is 4.79 Å². The molecule has 0 aliphatic heterocycles. The smallest absolute Gasteiger partial charge is 0.253 e. The lowest BCUT2D eigenvalue weighted by Crippen LogP contribution is -2.40. The fraction of sp³-hybridized carbons (Fsp3) is 0.467. The maximum Gasteiger partial charge on any atom is 0.253 e. The molecule has 0 spiro atoms. The molecular weight excluding hydrogens is 254 g/mol. The number of carbonyl (C=O) groups excluding carboxylic acids is 2. The molecule has 0 aliphatic carbocycles. The Labute approximate surface area is 119 Å². The number of anilines is 1. The molecule has 5 nitrogen and oxygen atoms in total. The number of hydrogen-bond acceptors (Lipinski definition) is 3. The second kappa shape index (κ2) is 7.65. The maximum absolute atomic E-state index is 12.0. The number of nitrogens with two attached hydrogens (primary N) is 1. The molecule has 0 radical (unpaired) electrons. The van der Waals surface area contributed by atoms with Crippen molar-refractivity contribution in [2.24, 2.45) is 11.7 Å². The van der Waals surface area contributed by atoms with Gasteiger partial charge in [0, 0.05) is 6.54 Å². The van der Waals surface area contributed by atoms with E-state index < -0.39 is 6.04 Å². The largest absolute Gasteiger partial charge is 0.352 e. The Bertz CT molecular complexity index is 472. The van der Waals surface area contributed by atoms with Gasteiger partial charge in [-0.05, 0) is 24.5 Å². The Morgan fingerprint density at radius 1 is 1.25 bits per heavy atom. The van der Waals surface area contributed by atoms with Gasteiger partial charge in [0.1, 0.15) is 0 Å². The molecular formula is C15H23N3O2. The summed E-state index contributed by atoms with van der Waals surface area (Å²) >= 11 is 0. The Hall–Kier alpha value is -1.88. The van der Waals surface area contributed by atoms with E-state index in [1.807, 2.05) is 20.8 Å². The summed E-state index contributed by atoms with van der Waals surface area (Å²) in [6, 6.07) is 6.32. The molecule has 0 heterocycles. The molecule has 0 saturated carbocycles. The Kier molecular flexibility index (Phi) is 6.18. The molecule has 0 aliphatic rings.